The highest BCUT2D eigenvalue weighted by Gasteiger charge is 2.35. The summed E-state index contributed by atoms with van der Waals surface area (Å²) < 4.78 is 36.5. The molecule has 9 nitrogen and oxygen atoms in total. The molecule has 1 aliphatic heterocycles. The highest BCUT2D eigenvalue weighted by atomic mass is 32.2. The predicted octanol–water partition coefficient (Wildman–Crippen LogP) is 0.992. The highest BCUT2D eigenvalue weighted by molar-refractivity contribution is 7.88. The fraction of sp³-hybridized carbons (Fsp3) is 0.471. The lowest BCUT2D eigenvalue weighted by atomic mass is 10.2. The normalized spacial score (nSPS) is 18.9. The van der Waals surface area contributed by atoms with Crippen molar-refractivity contribution in [1.29, 1.82) is 0 Å². The quantitative estimate of drug-likeness (QED) is 0.744. The van der Waals surface area contributed by atoms with Crippen LogP contribution in [0.15, 0.2) is 34.9 Å². The van der Waals surface area contributed by atoms with Gasteiger partial charge in [-0.2, -0.15) is 9.29 Å². The maximum Gasteiger partial charge on any atom is 0.260 e. The topological polar surface area (TPSA) is 106 Å². The van der Waals surface area contributed by atoms with Gasteiger partial charge >= 0.3 is 0 Å². The Balaban J connectivity index is 1.70. The average molecular weight is 394 g/mol. The van der Waals surface area contributed by atoms with Crippen LogP contribution < -0.4 is 4.74 Å². The predicted molar refractivity (Wildman–Crippen MR) is 96.5 cm³/mol. The van der Waals surface area contributed by atoms with E-state index >= 15 is 0 Å². The number of carbonyl (C=O) groups is 1. The van der Waals surface area contributed by atoms with Crippen LogP contribution in [0, 0.1) is 6.92 Å². The summed E-state index contributed by atoms with van der Waals surface area (Å²) in [6.45, 7) is 2.36. The van der Waals surface area contributed by atoms with Crippen molar-refractivity contribution in [3.05, 3.63) is 42.0 Å². The number of hydrogen-bond donors (Lipinski definition) is 0. The highest BCUT2D eigenvalue weighted by Crippen LogP contribution is 2.28. The largest absolute Gasteiger partial charge is 0.484 e. The molecule has 1 aliphatic rings. The van der Waals surface area contributed by atoms with E-state index in [1.807, 2.05) is 18.2 Å². The molecule has 0 N–H and O–H groups in total. The summed E-state index contributed by atoms with van der Waals surface area (Å²) in [7, 11) is -3.51. The van der Waals surface area contributed by atoms with Crippen LogP contribution in [0.3, 0.4) is 0 Å². The van der Waals surface area contributed by atoms with Gasteiger partial charge in [0.15, 0.2) is 12.4 Å². The van der Waals surface area contributed by atoms with Crippen LogP contribution in [-0.4, -0.2) is 66.2 Å². The van der Waals surface area contributed by atoms with Crippen molar-refractivity contribution in [2.75, 3.05) is 32.5 Å². The molecule has 1 amide bonds. The number of amides is 1. The van der Waals surface area contributed by atoms with Crippen LogP contribution in [0.2, 0.25) is 0 Å². The van der Waals surface area contributed by atoms with E-state index in [0.717, 1.165) is 6.26 Å². The Hall–Kier alpha value is -2.46. The van der Waals surface area contributed by atoms with Crippen LogP contribution in [0.1, 0.15) is 24.2 Å². The second kappa shape index (κ2) is 8.05. The number of carbonyl (C=O) groups excluding carboxylic acids is 1. The third-order valence-electron chi connectivity index (χ3n) is 4.32. The molecule has 2 aromatic rings. The summed E-state index contributed by atoms with van der Waals surface area (Å²) >= 11 is 0. The third kappa shape index (κ3) is 4.83. The van der Waals surface area contributed by atoms with Crippen LogP contribution in [0.4, 0.5) is 0 Å². The van der Waals surface area contributed by atoms with Crippen molar-refractivity contribution in [2.45, 2.75) is 19.4 Å². The molecule has 27 heavy (non-hydrogen) atoms. The van der Waals surface area contributed by atoms with Crippen molar-refractivity contribution < 1.29 is 22.5 Å². The number of aromatic nitrogens is 2. The lowest BCUT2D eigenvalue weighted by molar-refractivity contribution is -0.133. The number of ether oxygens (including phenoxy) is 1. The van der Waals surface area contributed by atoms with Crippen molar-refractivity contribution in [2.24, 2.45) is 0 Å². The van der Waals surface area contributed by atoms with E-state index in [0.29, 0.717) is 24.5 Å². The van der Waals surface area contributed by atoms with Crippen molar-refractivity contribution >= 4 is 15.9 Å². The molecular weight excluding hydrogens is 372 g/mol. The van der Waals surface area contributed by atoms with Crippen LogP contribution in [-0.2, 0) is 14.8 Å². The molecule has 1 atom stereocenters. The minimum Gasteiger partial charge on any atom is -0.484 e. The number of aryl methyl sites for hydroxylation is 1. The van der Waals surface area contributed by atoms with Gasteiger partial charge in [-0.15, -0.1) is 0 Å². The SMILES string of the molecule is Cc1noc(C2CCN(C(=O)COc3ccccc3)CCN2S(C)(=O)=O)n1. The van der Waals surface area contributed by atoms with Crippen molar-refractivity contribution in [1.82, 2.24) is 19.3 Å². The smallest absolute Gasteiger partial charge is 0.260 e. The summed E-state index contributed by atoms with van der Waals surface area (Å²) in [5.41, 5.74) is 0. The first-order chi connectivity index (χ1) is 12.8. The first-order valence-electron chi connectivity index (χ1n) is 8.57. The van der Waals surface area contributed by atoms with Gasteiger partial charge in [-0.05, 0) is 25.5 Å². The maximum absolute atomic E-state index is 12.5. The number of sulfonamides is 1. The Bertz CT molecular complexity index is 884. The van der Waals surface area contributed by atoms with E-state index in [-0.39, 0.29) is 31.5 Å². The first-order valence-corrected chi connectivity index (χ1v) is 10.4. The summed E-state index contributed by atoms with van der Waals surface area (Å²) in [4.78, 5) is 18.3. The van der Waals surface area contributed by atoms with E-state index in [9.17, 15) is 13.2 Å². The molecule has 1 saturated heterocycles. The van der Waals surface area contributed by atoms with E-state index < -0.39 is 16.1 Å². The van der Waals surface area contributed by atoms with Crippen molar-refractivity contribution in [3.63, 3.8) is 0 Å². The molecule has 1 unspecified atom stereocenters. The van der Waals surface area contributed by atoms with Gasteiger partial charge in [-0.1, -0.05) is 23.4 Å². The standard InChI is InChI=1S/C17H22N4O5S/c1-13-18-17(26-19-13)15-8-9-20(10-11-21(15)27(2,23)24)16(22)12-25-14-6-4-3-5-7-14/h3-7,15H,8-12H2,1-2H3. The Kier molecular flexibility index (Phi) is 5.76. The molecule has 1 fully saturated rings. The third-order valence-corrected chi connectivity index (χ3v) is 5.61. The summed E-state index contributed by atoms with van der Waals surface area (Å²) in [6.07, 6.45) is 1.50. The number of benzene rings is 1. The van der Waals surface area contributed by atoms with E-state index in [4.69, 9.17) is 9.26 Å². The van der Waals surface area contributed by atoms with E-state index in [2.05, 4.69) is 10.1 Å². The van der Waals surface area contributed by atoms with Gasteiger partial charge in [-0.25, -0.2) is 8.42 Å². The lowest BCUT2D eigenvalue weighted by Crippen LogP contribution is -2.39. The minimum atomic E-state index is -3.51. The number of para-hydroxylation sites is 1. The summed E-state index contributed by atoms with van der Waals surface area (Å²) in [5.74, 6) is 1.09. The molecule has 1 aromatic heterocycles. The van der Waals surface area contributed by atoms with Gasteiger partial charge in [0, 0.05) is 19.6 Å². The maximum atomic E-state index is 12.5. The molecule has 0 bridgehead atoms. The molecule has 0 spiro atoms. The average Bonchev–Trinajstić information content (AvgIpc) is 2.92. The summed E-state index contributed by atoms with van der Waals surface area (Å²) in [5, 5.41) is 3.75. The van der Waals surface area contributed by atoms with E-state index in [1.165, 1.54) is 4.31 Å². The fourth-order valence-electron chi connectivity index (χ4n) is 3.00. The Morgan fingerprint density at radius 2 is 2.00 bits per heavy atom. The molecule has 146 valence electrons. The molecule has 2 heterocycles. The number of rotatable bonds is 5. The summed E-state index contributed by atoms with van der Waals surface area (Å²) in [6, 6.07) is 8.47. The fourth-order valence-corrected chi connectivity index (χ4v) is 4.07. The molecule has 0 saturated carbocycles. The zero-order valence-corrected chi connectivity index (χ0v) is 16.1. The van der Waals surface area contributed by atoms with Gasteiger partial charge in [0.2, 0.25) is 15.9 Å². The molecular formula is C17H22N4O5S. The zero-order valence-electron chi connectivity index (χ0n) is 15.2. The van der Waals surface area contributed by atoms with Gasteiger partial charge < -0.3 is 14.2 Å². The van der Waals surface area contributed by atoms with Crippen LogP contribution >= 0.6 is 0 Å². The Morgan fingerprint density at radius 1 is 1.26 bits per heavy atom. The second-order valence-electron chi connectivity index (χ2n) is 6.34. The Labute approximate surface area is 158 Å². The van der Waals surface area contributed by atoms with Crippen LogP contribution in [0.25, 0.3) is 0 Å². The zero-order chi connectivity index (χ0) is 19.4. The van der Waals surface area contributed by atoms with Gasteiger partial charge in [-0.3, -0.25) is 4.79 Å². The van der Waals surface area contributed by atoms with Gasteiger partial charge in [0.25, 0.3) is 5.91 Å². The van der Waals surface area contributed by atoms with Gasteiger partial charge in [0.1, 0.15) is 11.8 Å². The van der Waals surface area contributed by atoms with Crippen LogP contribution in [0.5, 0.6) is 5.75 Å². The molecule has 0 radical (unpaired) electrons. The van der Waals surface area contributed by atoms with Gasteiger partial charge in [0.05, 0.1) is 6.26 Å². The molecule has 1 aromatic carbocycles. The number of hydrogen-bond acceptors (Lipinski definition) is 7. The van der Waals surface area contributed by atoms with E-state index in [1.54, 1.807) is 24.0 Å². The number of nitrogens with zero attached hydrogens (tertiary/aromatic N) is 4. The lowest BCUT2D eigenvalue weighted by Gasteiger charge is -2.24. The molecule has 3 rings (SSSR count). The second-order valence-corrected chi connectivity index (χ2v) is 8.28. The molecule has 10 heteroatoms. The molecule has 0 aliphatic carbocycles. The Morgan fingerprint density at radius 3 is 2.63 bits per heavy atom. The van der Waals surface area contributed by atoms with Crippen molar-refractivity contribution in [3.8, 4) is 5.75 Å². The monoisotopic (exact) mass is 394 g/mol. The first kappa shape index (κ1) is 19.3. The minimum absolute atomic E-state index is 0.104.